The number of carbonyl (C=O) groups is 1. The molecule has 3 aromatic rings. The molecule has 0 spiro atoms. The summed E-state index contributed by atoms with van der Waals surface area (Å²) in [6.07, 6.45) is 2.52. The number of benzene rings is 1. The number of nitrogens with one attached hydrogen (secondary N) is 1. The Hall–Kier alpha value is -3.07. The van der Waals surface area contributed by atoms with E-state index in [1.165, 1.54) is 48.6 Å². The van der Waals surface area contributed by atoms with Crippen molar-refractivity contribution in [3.63, 3.8) is 0 Å². The van der Waals surface area contributed by atoms with Crippen LogP contribution in [-0.4, -0.2) is 39.1 Å². The summed E-state index contributed by atoms with van der Waals surface area (Å²) in [4.78, 5) is 27.9. The summed E-state index contributed by atoms with van der Waals surface area (Å²) < 4.78 is 20.0. The second-order valence-electron chi connectivity index (χ2n) is 4.66. The summed E-state index contributed by atoms with van der Waals surface area (Å²) in [6.45, 7) is -0.181. The molecule has 0 aliphatic heterocycles. The molecule has 0 saturated carbocycles. The minimum absolute atomic E-state index is 0.181. The topological polar surface area (TPSA) is 91.0 Å². The van der Waals surface area contributed by atoms with Gasteiger partial charge in [-0.3, -0.25) is 15.0 Å². The number of amides is 1. The lowest BCUT2D eigenvalue weighted by Crippen LogP contribution is -2.34. The van der Waals surface area contributed by atoms with E-state index in [1.54, 1.807) is 0 Å². The molecule has 8 nitrogen and oxygen atoms in total. The number of aromatic nitrogens is 4. The lowest BCUT2D eigenvalue weighted by atomic mass is 10.3. The van der Waals surface area contributed by atoms with E-state index in [9.17, 15) is 14.0 Å². The number of halogens is 1. The molecule has 0 bridgehead atoms. The maximum Gasteiger partial charge on any atom is 0.283 e. The Labute approximate surface area is 129 Å². The van der Waals surface area contributed by atoms with Gasteiger partial charge in [-0.1, -0.05) is 0 Å². The maximum atomic E-state index is 13.0. The summed E-state index contributed by atoms with van der Waals surface area (Å²) in [6, 6.07) is 5.62. The molecule has 0 atom stereocenters. The number of rotatable bonds is 4. The Balaban J connectivity index is 2.02. The Bertz CT molecular complexity index is 916. The van der Waals surface area contributed by atoms with Crippen LogP contribution in [0.4, 0.5) is 4.39 Å². The fourth-order valence-electron chi connectivity index (χ4n) is 2.06. The predicted molar refractivity (Wildman–Crippen MR) is 79.3 cm³/mol. The monoisotopic (exact) mass is 317 g/mol. The van der Waals surface area contributed by atoms with E-state index in [0.717, 1.165) is 4.68 Å². The van der Waals surface area contributed by atoms with E-state index >= 15 is 0 Å². The van der Waals surface area contributed by atoms with E-state index < -0.39 is 11.5 Å². The number of carbonyl (C=O) groups excluding carboxylic acids is 1. The van der Waals surface area contributed by atoms with Crippen molar-refractivity contribution in [1.82, 2.24) is 19.4 Å². The van der Waals surface area contributed by atoms with Gasteiger partial charge in [0.15, 0.2) is 5.65 Å². The zero-order valence-corrected chi connectivity index (χ0v) is 12.1. The van der Waals surface area contributed by atoms with Gasteiger partial charge in [0.2, 0.25) is 0 Å². The van der Waals surface area contributed by atoms with Crippen LogP contribution in [0.5, 0.6) is 0 Å². The van der Waals surface area contributed by atoms with Crippen molar-refractivity contribution in [3.05, 3.63) is 53.0 Å². The van der Waals surface area contributed by atoms with Crippen LogP contribution in [0.1, 0.15) is 0 Å². The van der Waals surface area contributed by atoms with E-state index in [1.807, 2.05) is 0 Å². The highest BCUT2D eigenvalue weighted by molar-refractivity contribution is 5.85. The predicted octanol–water partition coefficient (Wildman–Crippen LogP) is 0.438. The highest BCUT2D eigenvalue weighted by Crippen LogP contribution is 2.13. The highest BCUT2D eigenvalue weighted by atomic mass is 19.1. The molecule has 0 aliphatic rings. The van der Waals surface area contributed by atoms with Crippen molar-refractivity contribution in [2.75, 3.05) is 19.1 Å². The number of nitrogens with zero attached hydrogens (tertiary/aromatic N) is 4. The number of methoxy groups -OCH3 is 1. The Morgan fingerprint density at radius 2 is 2.09 bits per heavy atom. The Morgan fingerprint density at radius 1 is 1.35 bits per heavy atom. The third-order valence-corrected chi connectivity index (χ3v) is 3.08. The van der Waals surface area contributed by atoms with Gasteiger partial charge in [0.1, 0.15) is 24.1 Å². The fraction of sp³-hybridized carbons (Fsp3) is 0.143. The minimum Gasteiger partial charge on any atom is -0.375 e. The van der Waals surface area contributed by atoms with Crippen molar-refractivity contribution in [2.24, 2.45) is 0 Å². The molecule has 1 N–H and O–H groups in total. The molecule has 3 rings (SSSR count). The molecule has 118 valence electrons. The number of hydrogen-bond donors (Lipinski definition) is 1. The largest absolute Gasteiger partial charge is 0.375 e. The Morgan fingerprint density at radius 3 is 2.78 bits per heavy atom. The first-order valence-electron chi connectivity index (χ1n) is 6.60. The van der Waals surface area contributed by atoms with Crippen LogP contribution in [-0.2, 0) is 9.53 Å². The van der Waals surface area contributed by atoms with Crippen LogP contribution >= 0.6 is 0 Å². The first-order chi connectivity index (χ1) is 11.1. The van der Waals surface area contributed by atoms with Crippen LogP contribution in [0, 0.1) is 5.82 Å². The van der Waals surface area contributed by atoms with E-state index in [4.69, 9.17) is 0 Å². The minimum atomic E-state index is -0.485. The number of hydrogen-bond acceptors (Lipinski definition) is 5. The van der Waals surface area contributed by atoms with Gasteiger partial charge in [-0.05, 0) is 24.3 Å². The molecule has 2 heterocycles. The first kappa shape index (κ1) is 14.9. The quantitative estimate of drug-likeness (QED) is 0.754. The van der Waals surface area contributed by atoms with Gasteiger partial charge < -0.3 is 4.74 Å². The van der Waals surface area contributed by atoms with Crippen molar-refractivity contribution in [3.8, 4) is 5.69 Å². The lowest BCUT2D eigenvalue weighted by Gasteiger charge is -2.07. The standard InChI is InChI=1S/C14H12FN5O3/c1-23-7-12(21)18-19-8-16-13-11(14(19)22)6-17-20(13)10-4-2-9(15)3-5-10/h2-6,8H,7H2,1H3,(H,18,21). The molecule has 0 saturated heterocycles. The highest BCUT2D eigenvalue weighted by Gasteiger charge is 2.12. The van der Waals surface area contributed by atoms with Crippen molar-refractivity contribution in [2.45, 2.75) is 0 Å². The second-order valence-corrected chi connectivity index (χ2v) is 4.66. The van der Waals surface area contributed by atoms with Crippen molar-refractivity contribution < 1.29 is 13.9 Å². The molecule has 23 heavy (non-hydrogen) atoms. The summed E-state index contributed by atoms with van der Waals surface area (Å²) in [5, 5.41) is 4.31. The van der Waals surface area contributed by atoms with E-state index in [-0.39, 0.29) is 17.8 Å². The average Bonchev–Trinajstić information content (AvgIpc) is 2.96. The van der Waals surface area contributed by atoms with Crippen molar-refractivity contribution >= 4 is 16.9 Å². The second kappa shape index (κ2) is 5.97. The smallest absolute Gasteiger partial charge is 0.283 e. The molecule has 0 fully saturated rings. The molecule has 2 aromatic heterocycles. The van der Waals surface area contributed by atoms with Gasteiger partial charge in [0.05, 0.1) is 11.9 Å². The van der Waals surface area contributed by atoms with Crippen LogP contribution in [0.25, 0.3) is 16.7 Å². The fourth-order valence-corrected chi connectivity index (χ4v) is 2.06. The third kappa shape index (κ3) is 2.81. The summed E-state index contributed by atoms with van der Waals surface area (Å²) in [5.74, 6) is -0.858. The summed E-state index contributed by atoms with van der Waals surface area (Å²) >= 11 is 0. The van der Waals surface area contributed by atoms with Gasteiger partial charge in [0.25, 0.3) is 11.5 Å². The maximum absolute atomic E-state index is 13.0. The SMILES string of the molecule is COCC(=O)Nn1cnc2c(cnn2-c2ccc(F)cc2)c1=O. The van der Waals surface area contributed by atoms with Gasteiger partial charge in [0, 0.05) is 7.11 Å². The van der Waals surface area contributed by atoms with Gasteiger partial charge in [-0.25, -0.2) is 18.7 Å². The first-order valence-corrected chi connectivity index (χ1v) is 6.60. The molecule has 1 aromatic carbocycles. The average molecular weight is 317 g/mol. The molecule has 0 unspecified atom stereocenters. The summed E-state index contributed by atoms with van der Waals surface area (Å²) in [7, 11) is 1.37. The van der Waals surface area contributed by atoms with Crippen LogP contribution in [0.15, 0.2) is 41.6 Å². The van der Waals surface area contributed by atoms with Gasteiger partial charge in [-0.2, -0.15) is 5.10 Å². The molecule has 1 amide bonds. The zero-order chi connectivity index (χ0) is 16.4. The van der Waals surface area contributed by atoms with Crippen LogP contribution in [0.3, 0.4) is 0 Å². The molecular weight excluding hydrogens is 305 g/mol. The molecule has 0 radical (unpaired) electrons. The lowest BCUT2D eigenvalue weighted by molar-refractivity contribution is -0.120. The number of ether oxygens (including phenoxy) is 1. The van der Waals surface area contributed by atoms with Gasteiger partial charge >= 0.3 is 0 Å². The zero-order valence-electron chi connectivity index (χ0n) is 12.1. The van der Waals surface area contributed by atoms with E-state index in [0.29, 0.717) is 11.3 Å². The molecule has 9 heteroatoms. The van der Waals surface area contributed by atoms with E-state index in [2.05, 4.69) is 20.2 Å². The third-order valence-electron chi connectivity index (χ3n) is 3.08. The van der Waals surface area contributed by atoms with Crippen LogP contribution in [0.2, 0.25) is 0 Å². The molecule has 0 aliphatic carbocycles. The Kier molecular flexibility index (Phi) is 3.85. The van der Waals surface area contributed by atoms with Gasteiger partial charge in [-0.15, -0.1) is 0 Å². The number of fused-ring (bicyclic) bond motifs is 1. The molecular formula is C14H12FN5O3. The normalized spacial score (nSPS) is 10.9. The van der Waals surface area contributed by atoms with Crippen molar-refractivity contribution in [1.29, 1.82) is 0 Å². The summed E-state index contributed by atoms with van der Waals surface area (Å²) in [5.41, 5.74) is 2.74. The van der Waals surface area contributed by atoms with Crippen LogP contribution < -0.4 is 11.0 Å².